The summed E-state index contributed by atoms with van der Waals surface area (Å²) in [7, 11) is 4.59. The van der Waals surface area contributed by atoms with Gasteiger partial charge in [-0.1, -0.05) is 32.1 Å². The van der Waals surface area contributed by atoms with Crippen molar-refractivity contribution in [1.29, 1.82) is 0 Å². The second-order valence-corrected chi connectivity index (χ2v) is 8.61. The zero-order valence-electron chi connectivity index (χ0n) is 20.1. The van der Waals surface area contributed by atoms with Crippen LogP contribution < -0.4 is 19.5 Å². The van der Waals surface area contributed by atoms with E-state index in [1.54, 1.807) is 18.3 Å². The van der Waals surface area contributed by atoms with Crippen molar-refractivity contribution in [2.75, 3.05) is 27.9 Å². The Kier molecular flexibility index (Phi) is 11.8. The number of hydrogen-bond acceptors (Lipinski definition) is 5. The molecule has 1 rings (SSSR count). The van der Waals surface area contributed by atoms with E-state index < -0.39 is 0 Å². The van der Waals surface area contributed by atoms with Crippen molar-refractivity contribution in [2.24, 2.45) is 0 Å². The van der Waals surface area contributed by atoms with E-state index in [1.807, 2.05) is 20.8 Å². The standard InChI is InChI=1S/C24H40N2O5/c1-24(2,3)26(28)16-14-12-10-8-7-9-11-13-15-25-23(27)19-17-20(29-4)22(31-6)21(18-19)30-5/h16-18H,7-15H2,1-6H3,(H,25,27)/b26-16-. The fraction of sp³-hybridized carbons (Fsp3) is 0.667. The average Bonchev–Trinajstić information content (AvgIpc) is 2.75. The van der Waals surface area contributed by atoms with Gasteiger partial charge in [-0.3, -0.25) is 4.79 Å². The van der Waals surface area contributed by atoms with Crippen LogP contribution in [-0.4, -0.2) is 50.3 Å². The summed E-state index contributed by atoms with van der Waals surface area (Å²) in [5.41, 5.74) is 0.135. The first-order valence-corrected chi connectivity index (χ1v) is 11.1. The van der Waals surface area contributed by atoms with Crippen LogP contribution in [0.25, 0.3) is 0 Å². The zero-order chi connectivity index (χ0) is 23.3. The molecule has 0 aromatic heterocycles. The Balaban J connectivity index is 2.22. The highest BCUT2D eigenvalue weighted by Gasteiger charge is 2.17. The Morgan fingerprint density at radius 2 is 1.45 bits per heavy atom. The van der Waals surface area contributed by atoms with Crippen molar-refractivity contribution in [3.63, 3.8) is 0 Å². The van der Waals surface area contributed by atoms with Gasteiger partial charge in [0.2, 0.25) is 5.75 Å². The Hall–Kier alpha value is -2.44. The molecule has 0 atom stereocenters. The molecule has 0 radical (unpaired) electrons. The molecule has 31 heavy (non-hydrogen) atoms. The van der Waals surface area contributed by atoms with Gasteiger partial charge in [0, 0.05) is 39.3 Å². The number of unbranched alkanes of at least 4 members (excludes halogenated alkanes) is 7. The molecule has 0 spiro atoms. The third-order valence-corrected chi connectivity index (χ3v) is 5.05. The number of carbonyl (C=O) groups excluding carboxylic acids is 1. The molecule has 1 aromatic rings. The minimum atomic E-state index is -0.346. The van der Waals surface area contributed by atoms with Crippen molar-refractivity contribution in [3.8, 4) is 17.2 Å². The van der Waals surface area contributed by atoms with Gasteiger partial charge < -0.3 is 24.7 Å². The summed E-state index contributed by atoms with van der Waals surface area (Å²) >= 11 is 0. The molecule has 7 nitrogen and oxygen atoms in total. The topological polar surface area (TPSA) is 82.9 Å². The number of carbonyl (C=O) groups is 1. The monoisotopic (exact) mass is 436 g/mol. The van der Waals surface area contributed by atoms with E-state index in [9.17, 15) is 10.0 Å². The van der Waals surface area contributed by atoms with Crippen molar-refractivity contribution in [2.45, 2.75) is 77.7 Å². The summed E-state index contributed by atoms with van der Waals surface area (Å²) in [4.78, 5) is 12.4. The van der Waals surface area contributed by atoms with Crippen molar-refractivity contribution in [3.05, 3.63) is 22.9 Å². The van der Waals surface area contributed by atoms with Gasteiger partial charge in [-0.25, -0.2) is 4.74 Å². The lowest BCUT2D eigenvalue weighted by molar-refractivity contribution is -0.532. The first kappa shape index (κ1) is 26.6. The van der Waals surface area contributed by atoms with Gasteiger partial charge in [0.15, 0.2) is 23.3 Å². The molecule has 0 bridgehead atoms. The van der Waals surface area contributed by atoms with Crippen LogP contribution in [0, 0.1) is 5.21 Å². The molecular weight excluding hydrogens is 396 g/mol. The van der Waals surface area contributed by atoms with Crippen LogP contribution in [-0.2, 0) is 0 Å². The quantitative estimate of drug-likeness (QED) is 0.147. The molecule has 1 N–H and O–H groups in total. The maximum Gasteiger partial charge on any atom is 0.251 e. The van der Waals surface area contributed by atoms with E-state index in [-0.39, 0.29) is 11.4 Å². The predicted molar refractivity (Wildman–Crippen MR) is 125 cm³/mol. The molecule has 0 heterocycles. The molecule has 1 amide bonds. The maximum absolute atomic E-state index is 12.4. The summed E-state index contributed by atoms with van der Waals surface area (Å²) in [5.74, 6) is 1.24. The first-order chi connectivity index (χ1) is 14.7. The van der Waals surface area contributed by atoms with Gasteiger partial charge in [-0.05, 0) is 25.0 Å². The van der Waals surface area contributed by atoms with Crippen LogP contribution in [0.4, 0.5) is 0 Å². The Bertz CT molecular complexity index is 685. The van der Waals surface area contributed by atoms with Crippen molar-refractivity contribution >= 4 is 12.1 Å². The highest BCUT2D eigenvalue weighted by molar-refractivity contribution is 5.95. The number of ether oxygens (including phenoxy) is 3. The van der Waals surface area contributed by atoms with Gasteiger partial charge in [-0.2, -0.15) is 0 Å². The van der Waals surface area contributed by atoms with E-state index >= 15 is 0 Å². The fourth-order valence-corrected chi connectivity index (χ4v) is 3.15. The lowest BCUT2D eigenvalue weighted by Crippen LogP contribution is -2.29. The van der Waals surface area contributed by atoms with Gasteiger partial charge in [0.25, 0.3) is 5.91 Å². The lowest BCUT2D eigenvalue weighted by atomic mass is 10.1. The smallest absolute Gasteiger partial charge is 0.251 e. The first-order valence-electron chi connectivity index (χ1n) is 11.1. The highest BCUT2D eigenvalue weighted by atomic mass is 16.5. The largest absolute Gasteiger partial charge is 0.624 e. The maximum atomic E-state index is 12.4. The number of amides is 1. The van der Waals surface area contributed by atoms with E-state index in [1.165, 1.54) is 34.2 Å². The molecule has 0 aliphatic heterocycles. The Labute approximate surface area is 187 Å². The highest BCUT2D eigenvalue weighted by Crippen LogP contribution is 2.38. The van der Waals surface area contributed by atoms with Crippen LogP contribution in [0.2, 0.25) is 0 Å². The molecular formula is C24H40N2O5. The summed E-state index contributed by atoms with van der Waals surface area (Å²) in [5, 5.41) is 14.7. The fourth-order valence-electron chi connectivity index (χ4n) is 3.15. The van der Waals surface area contributed by atoms with E-state index in [2.05, 4.69) is 5.32 Å². The van der Waals surface area contributed by atoms with Gasteiger partial charge in [0.05, 0.1) is 21.3 Å². The molecule has 0 aliphatic rings. The van der Waals surface area contributed by atoms with Crippen molar-refractivity contribution in [1.82, 2.24) is 5.32 Å². The second-order valence-electron chi connectivity index (χ2n) is 8.61. The SMILES string of the molecule is COc1cc(C(=O)NCCCCCCCCC/C=[N+](\[O-])C(C)(C)C)cc(OC)c1OC. The Morgan fingerprint density at radius 1 is 0.935 bits per heavy atom. The summed E-state index contributed by atoms with van der Waals surface area (Å²) in [6, 6.07) is 3.31. The van der Waals surface area contributed by atoms with Gasteiger partial charge in [-0.15, -0.1) is 0 Å². The summed E-state index contributed by atoms with van der Waals surface area (Å²) < 4.78 is 16.9. The zero-order valence-corrected chi connectivity index (χ0v) is 20.1. The normalized spacial score (nSPS) is 11.9. The second kappa shape index (κ2) is 13.8. The molecule has 0 fully saturated rings. The summed E-state index contributed by atoms with van der Waals surface area (Å²) in [6.07, 6.45) is 10.3. The van der Waals surface area contributed by atoms with Crippen LogP contribution in [0.3, 0.4) is 0 Å². The molecule has 0 unspecified atom stereocenters. The molecule has 0 saturated carbocycles. The van der Waals surface area contributed by atoms with Gasteiger partial charge in [0.1, 0.15) is 0 Å². The van der Waals surface area contributed by atoms with Crippen LogP contribution in [0.1, 0.15) is 82.5 Å². The molecule has 0 aliphatic carbocycles. The van der Waals surface area contributed by atoms with E-state index in [0.717, 1.165) is 43.3 Å². The molecule has 7 heteroatoms. The molecule has 176 valence electrons. The number of methoxy groups -OCH3 is 3. The minimum absolute atomic E-state index is 0.154. The molecule has 1 aromatic carbocycles. The third-order valence-electron chi connectivity index (χ3n) is 5.05. The van der Waals surface area contributed by atoms with Crippen molar-refractivity contribution < 1.29 is 23.7 Å². The van der Waals surface area contributed by atoms with Gasteiger partial charge >= 0.3 is 0 Å². The predicted octanol–water partition coefficient (Wildman–Crippen LogP) is 4.94. The lowest BCUT2D eigenvalue weighted by Gasteiger charge is -2.18. The Morgan fingerprint density at radius 3 is 1.94 bits per heavy atom. The molecule has 0 saturated heterocycles. The summed E-state index contributed by atoms with van der Waals surface area (Å²) in [6.45, 7) is 6.40. The van der Waals surface area contributed by atoms with Crippen LogP contribution >= 0.6 is 0 Å². The number of nitrogens with zero attached hydrogens (tertiary/aromatic N) is 1. The number of hydroxylamine groups is 1. The third kappa shape index (κ3) is 9.49. The van der Waals surface area contributed by atoms with Crippen LogP contribution in [0.5, 0.6) is 17.2 Å². The number of hydrogen-bond donors (Lipinski definition) is 1. The number of nitrogens with one attached hydrogen (secondary N) is 1. The number of rotatable bonds is 14. The van der Waals surface area contributed by atoms with E-state index in [4.69, 9.17) is 14.2 Å². The minimum Gasteiger partial charge on any atom is -0.624 e. The van der Waals surface area contributed by atoms with Crippen LogP contribution in [0.15, 0.2) is 12.1 Å². The number of benzene rings is 1. The average molecular weight is 437 g/mol. The van der Waals surface area contributed by atoms with E-state index in [0.29, 0.717) is 29.4 Å².